The predicted octanol–water partition coefficient (Wildman–Crippen LogP) is 1.24. The molecule has 2 aromatic rings. The molecule has 1 aromatic heterocycles. The number of amides is 3. The van der Waals surface area contributed by atoms with E-state index < -0.39 is 12.1 Å². The van der Waals surface area contributed by atoms with Crippen molar-refractivity contribution in [2.45, 2.75) is 33.0 Å². The summed E-state index contributed by atoms with van der Waals surface area (Å²) in [5, 5.41) is 9.55. The molecular weight excluding hydrogens is 306 g/mol. The fourth-order valence-electron chi connectivity index (χ4n) is 2.34. The van der Waals surface area contributed by atoms with E-state index in [0.717, 1.165) is 11.1 Å². The van der Waals surface area contributed by atoms with Gasteiger partial charge in [-0.3, -0.25) is 9.48 Å². The molecule has 0 aliphatic carbocycles. The van der Waals surface area contributed by atoms with E-state index in [-0.39, 0.29) is 11.8 Å². The predicted molar refractivity (Wildman–Crippen MR) is 91.0 cm³/mol. The van der Waals surface area contributed by atoms with Crippen LogP contribution >= 0.6 is 0 Å². The van der Waals surface area contributed by atoms with Gasteiger partial charge in [-0.15, -0.1) is 0 Å². The normalized spacial score (nSPS) is 12.0. The summed E-state index contributed by atoms with van der Waals surface area (Å²) in [5.74, 6) is -0.321. The van der Waals surface area contributed by atoms with Crippen LogP contribution in [0.4, 0.5) is 4.79 Å². The Bertz CT molecular complexity index is 681. The maximum Gasteiger partial charge on any atom is 0.312 e. The molecular formula is C17H23N5O2. The van der Waals surface area contributed by atoms with Crippen molar-refractivity contribution in [3.05, 3.63) is 53.9 Å². The van der Waals surface area contributed by atoms with Gasteiger partial charge in [-0.25, -0.2) is 4.79 Å². The van der Waals surface area contributed by atoms with Gasteiger partial charge in [-0.2, -0.15) is 5.10 Å². The highest BCUT2D eigenvalue weighted by molar-refractivity contribution is 5.86. The summed E-state index contributed by atoms with van der Waals surface area (Å²) in [7, 11) is 0. The Morgan fingerprint density at radius 2 is 1.92 bits per heavy atom. The number of carbonyl (C=O) groups is 2. The third-order valence-corrected chi connectivity index (χ3v) is 3.59. The Labute approximate surface area is 141 Å². The van der Waals surface area contributed by atoms with Crippen LogP contribution in [0.3, 0.4) is 0 Å². The standard InChI is InChI=1S/C17H23N5O2/c1-12(2)15(21-17(18)24)16(23)19-8-14-9-20-22(11-14)10-13-6-4-3-5-7-13/h3-7,9,11-12,15H,8,10H2,1-2H3,(H,19,23)(H3,18,21,24)/t15-/m1/s1. The molecule has 128 valence electrons. The Morgan fingerprint density at radius 3 is 2.54 bits per heavy atom. The van der Waals surface area contributed by atoms with Crippen molar-refractivity contribution < 1.29 is 9.59 Å². The number of carbonyl (C=O) groups excluding carboxylic acids is 2. The molecule has 7 heteroatoms. The van der Waals surface area contributed by atoms with Crippen molar-refractivity contribution in [1.82, 2.24) is 20.4 Å². The zero-order valence-corrected chi connectivity index (χ0v) is 13.9. The Kier molecular flexibility index (Phi) is 5.95. The average Bonchev–Trinajstić information content (AvgIpc) is 2.98. The highest BCUT2D eigenvalue weighted by Gasteiger charge is 2.22. The SMILES string of the molecule is CC(C)[C@@H](NC(N)=O)C(=O)NCc1cnn(Cc2ccccc2)c1. The summed E-state index contributed by atoms with van der Waals surface area (Å²) in [6.07, 6.45) is 3.61. The first-order valence-electron chi connectivity index (χ1n) is 7.84. The first-order valence-corrected chi connectivity index (χ1v) is 7.84. The van der Waals surface area contributed by atoms with Crippen LogP contribution < -0.4 is 16.4 Å². The van der Waals surface area contributed by atoms with Gasteiger partial charge in [0.2, 0.25) is 5.91 Å². The zero-order valence-electron chi connectivity index (χ0n) is 13.9. The number of hydrogen-bond donors (Lipinski definition) is 3. The molecule has 0 aliphatic rings. The molecule has 0 bridgehead atoms. The van der Waals surface area contributed by atoms with Crippen molar-refractivity contribution in [2.75, 3.05) is 0 Å². The van der Waals surface area contributed by atoms with E-state index in [0.29, 0.717) is 13.1 Å². The summed E-state index contributed by atoms with van der Waals surface area (Å²) in [6, 6.07) is 8.65. The third-order valence-electron chi connectivity index (χ3n) is 3.59. The van der Waals surface area contributed by atoms with E-state index >= 15 is 0 Å². The van der Waals surface area contributed by atoms with Gasteiger partial charge in [0.25, 0.3) is 0 Å². The van der Waals surface area contributed by atoms with Gasteiger partial charge in [0.1, 0.15) is 6.04 Å². The van der Waals surface area contributed by atoms with Gasteiger partial charge >= 0.3 is 6.03 Å². The molecule has 1 atom stereocenters. The van der Waals surface area contributed by atoms with Crippen molar-refractivity contribution in [2.24, 2.45) is 11.7 Å². The second-order valence-corrected chi connectivity index (χ2v) is 5.98. The van der Waals surface area contributed by atoms with Crippen LogP contribution in [0.15, 0.2) is 42.7 Å². The Hall–Kier alpha value is -2.83. The molecule has 0 unspecified atom stereocenters. The van der Waals surface area contributed by atoms with Gasteiger partial charge < -0.3 is 16.4 Å². The van der Waals surface area contributed by atoms with E-state index in [4.69, 9.17) is 5.73 Å². The van der Waals surface area contributed by atoms with Crippen molar-refractivity contribution in [1.29, 1.82) is 0 Å². The molecule has 3 amide bonds. The van der Waals surface area contributed by atoms with E-state index in [2.05, 4.69) is 15.7 Å². The first kappa shape index (κ1) is 17.5. The summed E-state index contributed by atoms with van der Waals surface area (Å²) in [6.45, 7) is 4.71. The fraction of sp³-hybridized carbons (Fsp3) is 0.353. The minimum Gasteiger partial charge on any atom is -0.352 e. The molecule has 0 fully saturated rings. The monoisotopic (exact) mass is 329 g/mol. The number of primary amides is 1. The third kappa shape index (κ3) is 5.12. The van der Waals surface area contributed by atoms with Crippen molar-refractivity contribution >= 4 is 11.9 Å². The molecule has 1 aromatic carbocycles. The number of nitrogens with one attached hydrogen (secondary N) is 2. The van der Waals surface area contributed by atoms with Crippen LogP contribution in [-0.2, 0) is 17.9 Å². The maximum absolute atomic E-state index is 12.2. The molecule has 24 heavy (non-hydrogen) atoms. The minimum atomic E-state index is -0.709. The second kappa shape index (κ2) is 8.14. The molecule has 1 heterocycles. The van der Waals surface area contributed by atoms with E-state index in [1.807, 2.05) is 55.1 Å². The number of rotatable bonds is 7. The number of hydrogen-bond acceptors (Lipinski definition) is 3. The lowest BCUT2D eigenvalue weighted by Gasteiger charge is -2.20. The first-order chi connectivity index (χ1) is 11.5. The van der Waals surface area contributed by atoms with Crippen LogP contribution in [0, 0.1) is 5.92 Å². The molecule has 0 spiro atoms. The van der Waals surface area contributed by atoms with E-state index in [9.17, 15) is 9.59 Å². The average molecular weight is 329 g/mol. The molecule has 0 radical (unpaired) electrons. The Balaban J connectivity index is 1.90. The minimum absolute atomic E-state index is 0.0571. The summed E-state index contributed by atoms with van der Waals surface area (Å²) >= 11 is 0. The van der Waals surface area contributed by atoms with Gasteiger partial charge in [0.05, 0.1) is 12.7 Å². The number of nitrogens with zero attached hydrogens (tertiary/aromatic N) is 2. The van der Waals surface area contributed by atoms with E-state index in [1.165, 1.54) is 0 Å². The molecule has 7 nitrogen and oxygen atoms in total. The molecule has 0 aliphatic heterocycles. The van der Waals surface area contributed by atoms with Crippen LogP contribution in [-0.4, -0.2) is 27.8 Å². The smallest absolute Gasteiger partial charge is 0.312 e. The van der Waals surface area contributed by atoms with Crippen LogP contribution in [0.5, 0.6) is 0 Å². The highest BCUT2D eigenvalue weighted by atomic mass is 16.2. The van der Waals surface area contributed by atoms with E-state index in [1.54, 1.807) is 6.20 Å². The van der Waals surface area contributed by atoms with Crippen molar-refractivity contribution in [3.63, 3.8) is 0 Å². The van der Waals surface area contributed by atoms with Gasteiger partial charge in [-0.05, 0) is 11.5 Å². The number of nitrogens with two attached hydrogens (primary N) is 1. The van der Waals surface area contributed by atoms with Crippen LogP contribution in [0.1, 0.15) is 25.0 Å². The van der Waals surface area contributed by atoms with Crippen LogP contribution in [0.25, 0.3) is 0 Å². The second-order valence-electron chi connectivity index (χ2n) is 5.98. The topological polar surface area (TPSA) is 102 Å². The summed E-state index contributed by atoms with van der Waals surface area (Å²) < 4.78 is 1.82. The molecule has 2 rings (SSSR count). The number of aromatic nitrogens is 2. The zero-order chi connectivity index (χ0) is 17.5. The molecule has 0 saturated heterocycles. The molecule has 4 N–H and O–H groups in total. The molecule has 0 saturated carbocycles. The highest BCUT2D eigenvalue weighted by Crippen LogP contribution is 2.05. The quantitative estimate of drug-likeness (QED) is 0.712. The Morgan fingerprint density at radius 1 is 1.21 bits per heavy atom. The van der Waals surface area contributed by atoms with Crippen LogP contribution in [0.2, 0.25) is 0 Å². The fourth-order valence-corrected chi connectivity index (χ4v) is 2.34. The van der Waals surface area contributed by atoms with Gasteiger partial charge in [0.15, 0.2) is 0 Å². The largest absolute Gasteiger partial charge is 0.352 e. The van der Waals surface area contributed by atoms with Crippen molar-refractivity contribution in [3.8, 4) is 0 Å². The van der Waals surface area contributed by atoms with Gasteiger partial charge in [0, 0.05) is 18.3 Å². The lowest BCUT2D eigenvalue weighted by molar-refractivity contribution is -0.124. The number of urea groups is 1. The maximum atomic E-state index is 12.2. The van der Waals surface area contributed by atoms with Gasteiger partial charge in [-0.1, -0.05) is 44.2 Å². The lowest BCUT2D eigenvalue weighted by atomic mass is 10.0. The lowest BCUT2D eigenvalue weighted by Crippen LogP contribution is -2.51. The summed E-state index contributed by atoms with van der Waals surface area (Å²) in [5.41, 5.74) is 7.15. The number of benzene rings is 1. The summed E-state index contributed by atoms with van der Waals surface area (Å²) in [4.78, 5) is 23.2.